The quantitative estimate of drug-likeness (QED) is 0.923. The van der Waals surface area contributed by atoms with Crippen LogP contribution >= 0.6 is 0 Å². The molecule has 5 nitrogen and oxygen atoms in total. The number of halogens is 3. The number of hydrogen-bond donors (Lipinski definition) is 1. The molecule has 1 aromatic rings. The fourth-order valence-electron chi connectivity index (χ4n) is 1.36. The summed E-state index contributed by atoms with van der Waals surface area (Å²) in [6.45, 7) is 0. The Balaban J connectivity index is 2.35. The predicted octanol–water partition coefficient (Wildman–Crippen LogP) is 2.01. The molecule has 1 saturated carbocycles. The van der Waals surface area contributed by atoms with Gasteiger partial charge in [-0.3, -0.25) is 4.72 Å². The topological polar surface area (TPSA) is 68.3 Å². The molecule has 0 atom stereocenters. The van der Waals surface area contributed by atoms with Crippen LogP contribution in [0.15, 0.2) is 12.1 Å². The van der Waals surface area contributed by atoms with Gasteiger partial charge < -0.3 is 4.74 Å². The summed E-state index contributed by atoms with van der Waals surface area (Å²) in [5.74, 6) is -0.771. The zero-order chi connectivity index (χ0) is 14.3. The number of rotatable bonds is 4. The third-order valence-electron chi connectivity index (χ3n) is 2.23. The van der Waals surface area contributed by atoms with Gasteiger partial charge >= 0.3 is 6.18 Å². The summed E-state index contributed by atoms with van der Waals surface area (Å²) in [4.78, 5) is 3.27. The number of pyridine rings is 1. The van der Waals surface area contributed by atoms with E-state index in [0.717, 1.165) is 18.4 Å². The Morgan fingerprint density at radius 3 is 2.47 bits per heavy atom. The van der Waals surface area contributed by atoms with Crippen molar-refractivity contribution in [1.82, 2.24) is 4.98 Å². The van der Waals surface area contributed by atoms with Crippen LogP contribution in [0.25, 0.3) is 0 Å². The van der Waals surface area contributed by atoms with Crippen molar-refractivity contribution >= 4 is 15.8 Å². The van der Waals surface area contributed by atoms with E-state index in [0.29, 0.717) is 12.8 Å². The van der Waals surface area contributed by atoms with E-state index in [2.05, 4.69) is 4.98 Å². The number of alkyl halides is 3. The second-order valence-corrected chi connectivity index (χ2v) is 5.98. The molecule has 2 rings (SSSR count). The summed E-state index contributed by atoms with van der Waals surface area (Å²) >= 11 is 0. The van der Waals surface area contributed by atoms with E-state index in [1.165, 1.54) is 0 Å². The number of aromatic nitrogens is 1. The van der Waals surface area contributed by atoms with Gasteiger partial charge in [0.15, 0.2) is 11.4 Å². The molecule has 0 aliphatic heterocycles. The second-order valence-electron chi connectivity index (χ2n) is 4.23. The van der Waals surface area contributed by atoms with E-state index < -0.39 is 27.7 Å². The minimum Gasteiger partial charge on any atom is -0.488 e. The average molecular weight is 296 g/mol. The van der Waals surface area contributed by atoms with Crippen molar-refractivity contribution in [3.05, 3.63) is 17.8 Å². The fourth-order valence-corrected chi connectivity index (χ4v) is 1.85. The van der Waals surface area contributed by atoms with Gasteiger partial charge in [0.25, 0.3) is 0 Å². The van der Waals surface area contributed by atoms with Crippen molar-refractivity contribution in [3.8, 4) is 5.75 Å². The van der Waals surface area contributed by atoms with Crippen LogP contribution in [0.3, 0.4) is 0 Å². The molecule has 0 unspecified atom stereocenters. The SMILES string of the molecule is CS(=O)(=O)Nc1ccc(OC2CC2)c(C(F)(F)F)n1. The van der Waals surface area contributed by atoms with Gasteiger partial charge in [0.1, 0.15) is 5.82 Å². The highest BCUT2D eigenvalue weighted by Gasteiger charge is 2.38. The number of nitrogens with one attached hydrogen (secondary N) is 1. The molecule has 1 aliphatic carbocycles. The molecule has 19 heavy (non-hydrogen) atoms. The molecule has 106 valence electrons. The lowest BCUT2D eigenvalue weighted by molar-refractivity contribution is -0.142. The average Bonchev–Trinajstić information content (AvgIpc) is 3.00. The van der Waals surface area contributed by atoms with Crippen molar-refractivity contribution in [2.75, 3.05) is 11.0 Å². The first-order valence-corrected chi connectivity index (χ1v) is 7.27. The van der Waals surface area contributed by atoms with Gasteiger partial charge in [-0.05, 0) is 25.0 Å². The number of ether oxygens (including phenoxy) is 1. The Kier molecular flexibility index (Phi) is 3.33. The lowest BCUT2D eigenvalue weighted by atomic mass is 10.3. The number of anilines is 1. The van der Waals surface area contributed by atoms with Gasteiger partial charge in [0.2, 0.25) is 10.0 Å². The summed E-state index contributed by atoms with van der Waals surface area (Å²) in [5.41, 5.74) is -1.23. The monoisotopic (exact) mass is 296 g/mol. The van der Waals surface area contributed by atoms with Gasteiger partial charge in [-0.15, -0.1) is 0 Å². The molecule has 0 saturated heterocycles. The lowest BCUT2D eigenvalue weighted by Gasteiger charge is -2.14. The first kappa shape index (κ1) is 13.9. The summed E-state index contributed by atoms with van der Waals surface area (Å²) in [6, 6.07) is 2.20. The standard InChI is InChI=1S/C10H11F3N2O3S/c1-19(16,17)15-8-5-4-7(18-6-2-3-6)9(14-8)10(11,12)13/h4-6H,2-3H2,1H3,(H,14,15). The minimum atomic E-state index is -4.71. The van der Waals surface area contributed by atoms with Crippen LogP contribution in [0.2, 0.25) is 0 Å². The van der Waals surface area contributed by atoms with Crippen LogP contribution < -0.4 is 9.46 Å². The summed E-state index contributed by atoms with van der Waals surface area (Å²) in [6.07, 6.45) is -2.67. The third-order valence-corrected chi connectivity index (χ3v) is 2.81. The van der Waals surface area contributed by atoms with E-state index in [9.17, 15) is 21.6 Å². The maximum absolute atomic E-state index is 12.8. The van der Waals surface area contributed by atoms with Gasteiger partial charge in [0.05, 0.1) is 12.4 Å². The van der Waals surface area contributed by atoms with Crippen molar-refractivity contribution < 1.29 is 26.3 Å². The molecule has 0 aromatic carbocycles. The lowest BCUT2D eigenvalue weighted by Crippen LogP contribution is -2.16. The summed E-state index contributed by atoms with van der Waals surface area (Å²) < 4.78 is 67.4. The van der Waals surface area contributed by atoms with Crippen LogP contribution in [0, 0.1) is 0 Å². The van der Waals surface area contributed by atoms with Gasteiger partial charge in [0, 0.05) is 0 Å². The number of sulfonamides is 1. The summed E-state index contributed by atoms with van der Waals surface area (Å²) in [5, 5.41) is 0. The Hall–Kier alpha value is -1.51. The van der Waals surface area contributed by atoms with Crippen molar-refractivity contribution in [2.45, 2.75) is 25.1 Å². The van der Waals surface area contributed by atoms with E-state index >= 15 is 0 Å². The van der Waals surface area contributed by atoms with Crippen molar-refractivity contribution in [2.24, 2.45) is 0 Å². The zero-order valence-electron chi connectivity index (χ0n) is 9.86. The van der Waals surface area contributed by atoms with Crippen LogP contribution in [-0.4, -0.2) is 25.8 Å². The zero-order valence-corrected chi connectivity index (χ0v) is 10.7. The first-order chi connectivity index (χ1) is 8.65. The molecule has 9 heteroatoms. The van der Waals surface area contributed by atoms with E-state index in [1.807, 2.05) is 4.72 Å². The molecule has 0 radical (unpaired) electrons. The molecular weight excluding hydrogens is 285 g/mol. The molecule has 0 bridgehead atoms. The highest BCUT2D eigenvalue weighted by atomic mass is 32.2. The Morgan fingerprint density at radius 2 is 2.00 bits per heavy atom. The maximum Gasteiger partial charge on any atom is 0.437 e. The molecule has 1 fully saturated rings. The van der Waals surface area contributed by atoms with Crippen LogP contribution in [-0.2, 0) is 16.2 Å². The van der Waals surface area contributed by atoms with Crippen molar-refractivity contribution in [3.63, 3.8) is 0 Å². The second kappa shape index (κ2) is 4.55. The highest BCUT2D eigenvalue weighted by molar-refractivity contribution is 7.92. The normalized spacial score (nSPS) is 16.2. The van der Waals surface area contributed by atoms with E-state index in [-0.39, 0.29) is 11.9 Å². The van der Waals surface area contributed by atoms with Crippen LogP contribution in [0.1, 0.15) is 18.5 Å². The molecule has 1 aromatic heterocycles. The maximum atomic E-state index is 12.8. The molecule has 1 aliphatic rings. The molecule has 1 N–H and O–H groups in total. The molecular formula is C10H11F3N2O3S. The van der Waals surface area contributed by atoms with Crippen LogP contribution in [0.5, 0.6) is 5.75 Å². The van der Waals surface area contributed by atoms with Crippen LogP contribution in [0.4, 0.5) is 19.0 Å². The fraction of sp³-hybridized carbons (Fsp3) is 0.500. The Morgan fingerprint density at radius 1 is 1.37 bits per heavy atom. The smallest absolute Gasteiger partial charge is 0.437 e. The summed E-state index contributed by atoms with van der Waals surface area (Å²) in [7, 11) is -3.68. The molecule has 0 amide bonds. The highest BCUT2D eigenvalue weighted by Crippen LogP contribution is 2.38. The largest absolute Gasteiger partial charge is 0.488 e. The minimum absolute atomic E-state index is 0.211. The predicted molar refractivity (Wildman–Crippen MR) is 61.4 cm³/mol. The molecule has 0 spiro atoms. The Bertz CT molecular complexity index is 582. The van der Waals surface area contributed by atoms with E-state index in [1.54, 1.807) is 0 Å². The van der Waals surface area contributed by atoms with Gasteiger partial charge in [-0.1, -0.05) is 0 Å². The number of hydrogen-bond acceptors (Lipinski definition) is 4. The van der Waals surface area contributed by atoms with E-state index in [4.69, 9.17) is 4.74 Å². The van der Waals surface area contributed by atoms with Crippen molar-refractivity contribution in [1.29, 1.82) is 0 Å². The Labute approximate surface area is 107 Å². The van der Waals surface area contributed by atoms with Gasteiger partial charge in [-0.2, -0.15) is 13.2 Å². The van der Waals surface area contributed by atoms with Gasteiger partial charge in [-0.25, -0.2) is 13.4 Å². The first-order valence-electron chi connectivity index (χ1n) is 5.38. The number of nitrogens with zero attached hydrogens (tertiary/aromatic N) is 1. The molecule has 1 heterocycles. The third kappa shape index (κ3) is 3.98.